The van der Waals surface area contributed by atoms with Gasteiger partial charge in [-0.05, 0) is 42.9 Å². The Balaban J connectivity index is 1.21. The minimum atomic E-state index is -0.596. The van der Waals surface area contributed by atoms with Gasteiger partial charge in [-0.3, -0.25) is 14.9 Å². The number of nitrogens with zero attached hydrogens (tertiary/aromatic N) is 5. The lowest BCUT2D eigenvalue weighted by atomic mass is 9.78. The largest absolute Gasteiger partial charge is 0.350 e. The number of para-hydroxylation sites is 1. The van der Waals surface area contributed by atoms with E-state index >= 15 is 0 Å². The summed E-state index contributed by atoms with van der Waals surface area (Å²) in [6.45, 7) is 5.14. The molecule has 3 aromatic rings. The first kappa shape index (κ1) is 20.0. The fourth-order valence-corrected chi connectivity index (χ4v) is 5.21. The van der Waals surface area contributed by atoms with Crippen molar-refractivity contribution in [3.8, 4) is 0 Å². The van der Waals surface area contributed by atoms with Crippen molar-refractivity contribution in [3.05, 3.63) is 54.0 Å². The highest BCUT2D eigenvalue weighted by Crippen LogP contribution is 2.41. The fraction of sp³-hybridized carbons (Fsp3) is 0.435. The molecule has 8 heteroatoms. The number of nitrogens with one attached hydrogen (secondary N) is 1. The molecule has 0 aliphatic carbocycles. The lowest BCUT2D eigenvalue weighted by Crippen LogP contribution is -2.42. The lowest BCUT2D eigenvalue weighted by molar-refractivity contribution is 0.0705. The highest BCUT2D eigenvalue weighted by atomic mass is 16.5. The van der Waals surface area contributed by atoms with E-state index in [2.05, 4.69) is 61.8 Å². The number of hydrogen-bond donors (Lipinski definition) is 2. The number of benzene rings is 1. The van der Waals surface area contributed by atoms with E-state index in [1.165, 1.54) is 35.3 Å². The quantitative estimate of drug-likeness (QED) is 0.498. The molecule has 2 aromatic heterocycles. The number of carbonyl (C=O) groups excluding carboxylic acids is 1. The summed E-state index contributed by atoms with van der Waals surface area (Å²) < 4.78 is 2.23. The van der Waals surface area contributed by atoms with E-state index in [0.29, 0.717) is 11.4 Å². The van der Waals surface area contributed by atoms with Gasteiger partial charge in [-0.2, -0.15) is 0 Å². The van der Waals surface area contributed by atoms with Crippen LogP contribution >= 0.6 is 0 Å². The molecular formula is C23H28N6O2. The van der Waals surface area contributed by atoms with Crippen molar-refractivity contribution in [2.75, 3.05) is 31.1 Å². The summed E-state index contributed by atoms with van der Waals surface area (Å²) >= 11 is 0. The highest BCUT2D eigenvalue weighted by Gasteiger charge is 2.41. The molecule has 2 aliphatic rings. The number of fused-ring (bicyclic) bond motifs is 1. The topological polar surface area (TPSA) is 86.5 Å². The zero-order valence-electron chi connectivity index (χ0n) is 17.8. The van der Waals surface area contributed by atoms with E-state index in [-0.39, 0.29) is 5.56 Å². The number of hydrogen-bond acceptors (Lipinski definition) is 6. The number of hydroxylamine groups is 1. The Hall–Kier alpha value is -2.97. The Morgan fingerprint density at radius 2 is 1.84 bits per heavy atom. The molecule has 4 heterocycles. The van der Waals surface area contributed by atoms with Gasteiger partial charge >= 0.3 is 0 Å². The molecule has 162 valence electrons. The van der Waals surface area contributed by atoms with E-state index in [1.807, 2.05) is 0 Å². The van der Waals surface area contributed by atoms with Crippen LogP contribution in [0.2, 0.25) is 0 Å². The van der Waals surface area contributed by atoms with Gasteiger partial charge in [0.05, 0.1) is 5.56 Å². The molecule has 2 aliphatic heterocycles. The summed E-state index contributed by atoms with van der Waals surface area (Å²) in [6.07, 6.45) is 8.68. The third-order valence-electron chi connectivity index (χ3n) is 7.00. The van der Waals surface area contributed by atoms with Crippen LogP contribution in [0, 0.1) is 5.41 Å². The summed E-state index contributed by atoms with van der Waals surface area (Å²) in [5.41, 5.74) is 4.93. The maximum Gasteiger partial charge on any atom is 0.277 e. The molecule has 2 saturated heterocycles. The molecule has 2 N–H and O–H groups in total. The standard InChI is InChI=1S/C23H28N6O2/c1-27-14-18(19-4-2-3-5-20(19)27)15-28-9-6-23(16-28)7-10-29(11-8-23)22-24-12-17(13-25-22)21(30)26-31/h2-5,12-14,31H,6-11,15-16H2,1H3,(H,26,30). The summed E-state index contributed by atoms with van der Waals surface area (Å²) in [5.74, 6) is 0.0522. The van der Waals surface area contributed by atoms with Gasteiger partial charge in [0.1, 0.15) is 0 Å². The number of anilines is 1. The molecule has 1 aromatic carbocycles. The second-order valence-corrected chi connectivity index (χ2v) is 8.94. The van der Waals surface area contributed by atoms with Gasteiger partial charge in [0.15, 0.2) is 0 Å². The molecule has 0 radical (unpaired) electrons. The van der Waals surface area contributed by atoms with Gasteiger partial charge in [0, 0.05) is 62.7 Å². The van der Waals surface area contributed by atoms with Crippen LogP contribution in [0.4, 0.5) is 5.95 Å². The summed E-state index contributed by atoms with van der Waals surface area (Å²) in [7, 11) is 2.12. The van der Waals surface area contributed by atoms with Crippen LogP contribution in [0.5, 0.6) is 0 Å². The first-order valence-electron chi connectivity index (χ1n) is 10.8. The van der Waals surface area contributed by atoms with Gasteiger partial charge in [-0.25, -0.2) is 15.4 Å². The van der Waals surface area contributed by atoms with Crippen LogP contribution in [-0.2, 0) is 13.6 Å². The Bertz CT molecular complexity index is 1090. The van der Waals surface area contributed by atoms with Crippen LogP contribution in [0.1, 0.15) is 35.2 Å². The zero-order chi connectivity index (χ0) is 21.4. The van der Waals surface area contributed by atoms with Gasteiger partial charge in [0.25, 0.3) is 5.91 Å². The van der Waals surface area contributed by atoms with Crippen LogP contribution in [0.25, 0.3) is 10.9 Å². The average Bonchev–Trinajstić information content (AvgIpc) is 3.35. The molecule has 5 rings (SSSR count). The minimum absolute atomic E-state index is 0.250. The first-order chi connectivity index (χ1) is 15.1. The molecule has 1 amide bonds. The van der Waals surface area contributed by atoms with Crippen molar-refractivity contribution < 1.29 is 10.0 Å². The molecule has 8 nitrogen and oxygen atoms in total. The van der Waals surface area contributed by atoms with E-state index < -0.39 is 5.91 Å². The summed E-state index contributed by atoms with van der Waals surface area (Å²) in [4.78, 5) is 24.9. The van der Waals surface area contributed by atoms with Crippen LogP contribution in [-0.4, -0.2) is 56.7 Å². The first-order valence-corrected chi connectivity index (χ1v) is 10.8. The zero-order valence-corrected chi connectivity index (χ0v) is 17.8. The molecular weight excluding hydrogens is 392 g/mol. The number of likely N-dealkylation sites (tertiary alicyclic amines) is 1. The number of aromatic nitrogens is 3. The van der Waals surface area contributed by atoms with Crippen LogP contribution in [0.15, 0.2) is 42.9 Å². The van der Waals surface area contributed by atoms with Crippen molar-refractivity contribution in [2.45, 2.75) is 25.8 Å². The Labute approximate surface area is 181 Å². The number of piperidine rings is 1. The second-order valence-electron chi connectivity index (χ2n) is 8.94. The number of aryl methyl sites for hydroxylation is 1. The van der Waals surface area contributed by atoms with Crippen LogP contribution in [0.3, 0.4) is 0 Å². The van der Waals surface area contributed by atoms with E-state index in [1.54, 1.807) is 5.48 Å². The smallest absolute Gasteiger partial charge is 0.277 e. The molecule has 0 bridgehead atoms. The monoisotopic (exact) mass is 420 g/mol. The van der Waals surface area contributed by atoms with Gasteiger partial charge in [-0.15, -0.1) is 0 Å². The van der Waals surface area contributed by atoms with E-state index in [0.717, 1.165) is 45.6 Å². The normalized spacial score (nSPS) is 18.7. The Morgan fingerprint density at radius 1 is 1.13 bits per heavy atom. The molecule has 31 heavy (non-hydrogen) atoms. The van der Waals surface area contributed by atoms with Gasteiger partial charge in [-0.1, -0.05) is 18.2 Å². The van der Waals surface area contributed by atoms with Crippen molar-refractivity contribution in [1.29, 1.82) is 0 Å². The van der Waals surface area contributed by atoms with E-state index in [4.69, 9.17) is 5.21 Å². The van der Waals surface area contributed by atoms with Crippen molar-refractivity contribution in [2.24, 2.45) is 12.5 Å². The van der Waals surface area contributed by atoms with Crippen molar-refractivity contribution in [1.82, 2.24) is 24.9 Å². The number of carbonyl (C=O) groups is 1. The fourth-order valence-electron chi connectivity index (χ4n) is 5.21. The predicted octanol–water partition coefficient (Wildman–Crippen LogP) is 2.58. The van der Waals surface area contributed by atoms with Gasteiger partial charge < -0.3 is 9.47 Å². The van der Waals surface area contributed by atoms with Crippen LogP contribution < -0.4 is 10.4 Å². The Morgan fingerprint density at radius 3 is 2.58 bits per heavy atom. The molecule has 0 saturated carbocycles. The maximum atomic E-state index is 11.4. The predicted molar refractivity (Wildman–Crippen MR) is 118 cm³/mol. The lowest BCUT2D eigenvalue weighted by Gasteiger charge is -2.39. The molecule has 1 spiro atoms. The van der Waals surface area contributed by atoms with Crippen molar-refractivity contribution in [3.63, 3.8) is 0 Å². The SMILES string of the molecule is Cn1cc(CN2CCC3(CCN(c4ncc(C(=O)NO)cn4)CC3)C2)c2ccccc21. The molecule has 2 fully saturated rings. The summed E-state index contributed by atoms with van der Waals surface area (Å²) in [6, 6.07) is 8.64. The summed E-state index contributed by atoms with van der Waals surface area (Å²) in [5, 5.41) is 10.1. The minimum Gasteiger partial charge on any atom is -0.350 e. The number of amides is 1. The average molecular weight is 421 g/mol. The maximum absolute atomic E-state index is 11.4. The van der Waals surface area contributed by atoms with E-state index in [9.17, 15) is 4.79 Å². The third kappa shape index (κ3) is 3.77. The highest BCUT2D eigenvalue weighted by molar-refractivity contribution is 5.92. The molecule has 0 atom stereocenters. The van der Waals surface area contributed by atoms with Gasteiger partial charge in [0.2, 0.25) is 5.95 Å². The second kappa shape index (κ2) is 7.94. The number of rotatable bonds is 4. The third-order valence-corrected chi connectivity index (χ3v) is 7.00. The Kier molecular flexibility index (Phi) is 5.11. The van der Waals surface area contributed by atoms with Crippen molar-refractivity contribution >= 4 is 22.8 Å². The molecule has 0 unspecified atom stereocenters.